The number of pyridine rings is 1. The van der Waals surface area contributed by atoms with Crippen LogP contribution in [0.1, 0.15) is 12.1 Å². The van der Waals surface area contributed by atoms with E-state index in [-0.39, 0.29) is 5.56 Å². The van der Waals surface area contributed by atoms with Crippen molar-refractivity contribution in [2.24, 2.45) is 5.92 Å². The van der Waals surface area contributed by atoms with Crippen LogP contribution in [0, 0.1) is 5.92 Å². The zero-order valence-electron chi connectivity index (χ0n) is 13.3. The summed E-state index contributed by atoms with van der Waals surface area (Å²) in [7, 11) is 0. The third-order valence-corrected chi connectivity index (χ3v) is 5.11. The first-order valence-electron chi connectivity index (χ1n) is 8.11. The number of rotatable bonds is 5. The molecule has 24 heavy (non-hydrogen) atoms. The molecule has 0 aromatic carbocycles. The van der Waals surface area contributed by atoms with Crippen molar-refractivity contribution in [1.82, 2.24) is 19.3 Å². The lowest BCUT2D eigenvalue weighted by atomic mass is 10.1. The van der Waals surface area contributed by atoms with Crippen LogP contribution < -0.4 is 10.9 Å². The number of aromatic nitrogens is 3. The summed E-state index contributed by atoms with van der Waals surface area (Å²) >= 11 is 1.50. The fourth-order valence-electron chi connectivity index (χ4n) is 3.14. The fraction of sp³-hybridized carbons (Fsp3) is 0.353. The molecule has 7 heteroatoms. The topological polar surface area (TPSA) is 62.5 Å². The number of hydrogen-bond donors (Lipinski definition) is 1. The van der Waals surface area contributed by atoms with Gasteiger partial charge in [-0.25, -0.2) is 9.97 Å². The van der Waals surface area contributed by atoms with Crippen LogP contribution >= 0.6 is 11.3 Å². The van der Waals surface area contributed by atoms with Crippen molar-refractivity contribution in [3.63, 3.8) is 0 Å². The Balaban J connectivity index is 1.35. The van der Waals surface area contributed by atoms with Crippen LogP contribution in [0.15, 0.2) is 46.8 Å². The summed E-state index contributed by atoms with van der Waals surface area (Å²) in [5, 5.41) is 5.29. The zero-order valence-corrected chi connectivity index (χ0v) is 14.1. The Morgan fingerprint density at radius 2 is 2.33 bits per heavy atom. The first-order chi connectivity index (χ1) is 11.8. The van der Waals surface area contributed by atoms with Gasteiger partial charge in [0.05, 0.1) is 5.69 Å². The summed E-state index contributed by atoms with van der Waals surface area (Å²) in [5.41, 5.74) is 0.865. The van der Waals surface area contributed by atoms with E-state index in [0.29, 0.717) is 5.92 Å². The minimum Gasteiger partial charge on any atom is -0.370 e. The van der Waals surface area contributed by atoms with Gasteiger partial charge in [0.15, 0.2) is 4.96 Å². The SMILES string of the molecule is O=c1cc(CN2CCC(CNc3ccccn3)C2)nc2sccn12. The van der Waals surface area contributed by atoms with Crippen LogP contribution in [0.4, 0.5) is 5.82 Å². The monoisotopic (exact) mass is 341 g/mol. The van der Waals surface area contributed by atoms with Crippen molar-refractivity contribution in [3.8, 4) is 0 Å². The molecule has 0 saturated carbocycles. The van der Waals surface area contributed by atoms with E-state index in [1.54, 1.807) is 22.9 Å². The van der Waals surface area contributed by atoms with Crippen LogP contribution in [-0.4, -0.2) is 38.9 Å². The molecule has 1 aliphatic rings. The third-order valence-electron chi connectivity index (χ3n) is 4.35. The summed E-state index contributed by atoms with van der Waals surface area (Å²) in [6.07, 6.45) is 4.72. The summed E-state index contributed by atoms with van der Waals surface area (Å²) < 4.78 is 1.59. The zero-order chi connectivity index (χ0) is 16.4. The highest BCUT2D eigenvalue weighted by Crippen LogP contribution is 2.19. The Labute approximate surface area is 143 Å². The highest BCUT2D eigenvalue weighted by molar-refractivity contribution is 7.15. The molecule has 1 saturated heterocycles. The molecule has 1 aliphatic heterocycles. The molecule has 3 aromatic heterocycles. The number of hydrogen-bond acceptors (Lipinski definition) is 6. The van der Waals surface area contributed by atoms with Gasteiger partial charge in [0.1, 0.15) is 5.82 Å². The number of nitrogens with one attached hydrogen (secondary N) is 1. The van der Waals surface area contributed by atoms with E-state index >= 15 is 0 Å². The highest BCUT2D eigenvalue weighted by Gasteiger charge is 2.23. The van der Waals surface area contributed by atoms with Gasteiger partial charge in [0.25, 0.3) is 5.56 Å². The van der Waals surface area contributed by atoms with E-state index in [4.69, 9.17) is 0 Å². The van der Waals surface area contributed by atoms with E-state index in [1.807, 2.05) is 23.6 Å². The molecule has 1 atom stereocenters. The minimum absolute atomic E-state index is 0.00353. The van der Waals surface area contributed by atoms with Crippen molar-refractivity contribution < 1.29 is 0 Å². The molecule has 0 radical (unpaired) electrons. The Bertz CT molecular complexity index is 875. The summed E-state index contributed by atoms with van der Waals surface area (Å²) in [6.45, 7) is 3.72. The summed E-state index contributed by atoms with van der Waals surface area (Å²) in [4.78, 5) is 24.1. The maximum absolute atomic E-state index is 12.1. The average Bonchev–Trinajstić information content (AvgIpc) is 3.23. The van der Waals surface area contributed by atoms with E-state index in [1.165, 1.54) is 11.3 Å². The Morgan fingerprint density at radius 1 is 1.38 bits per heavy atom. The van der Waals surface area contributed by atoms with Gasteiger partial charge >= 0.3 is 0 Å². The predicted molar refractivity (Wildman–Crippen MR) is 95.4 cm³/mol. The summed E-state index contributed by atoms with van der Waals surface area (Å²) in [6, 6.07) is 7.54. The van der Waals surface area contributed by atoms with Crippen molar-refractivity contribution in [2.75, 3.05) is 25.0 Å². The van der Waals surface area contributed by atoms with E-state index in [2.05, 4.69) is 20.2 Å². The molecule has 4 heterocycles. The molecule has 124 valence electrons. The molecule has 6 nitrogen and oxygen atoms in total. The maximum Gasteiger partial charge on any atom is 0.258 e. The highest BCUT2D eigenvalue weighted by atomic mass is 32.1. The predicted octanol–water partition coefficient (Wildman–Crippen LogP) is 2.08. The lowest BCUT2D eigenvalue weighted by Crippen LogP contribution is -2.24. The Morgan fingerprint density at radius 3 is 3.21 bits per heavy atom. The Hall–Kier alpha value is -2.25. The number of likely N-dealkylation sites (tertiary alicyclic amines) is 1. The van der Waals surface area contributed by atoms with Gasteiger partial charge in [-0.15, -0.1) is 11.3 Å². The van der Waals surface area contributed by atoms with Crippen LogP contribution in [0.25, 0.3) is 4.96 Å². The van der Waals surface area contributed by atoms with Crippen molar-refractivity contribution >= 4 is 22.1 Å². The molecule has 1 unspecified atom stereocenters. The van der Waals surface area contributed by atoms with Crippen molar-refractivity contribution in [2.45, 2.75) is 13.0 Å². The molecular formula is C17H19N5OS. The van der Waals surface area contributed by atoms with Crippen molar-refractivity contribution in [1.29, 1.82) is 0 Å². The quantitative estimate of drug-likeness (QED) is 0.770. The van der Waals surface area contributed by atoms with Gasteiger partial charge in [0, 0.05) is 43.5 Å². The fourth-order valence-corrected chi connectivity index (χ4v) is 3.88. The maximum atomic E-state index is 12.1. The second kappa shape index (κ2) is 6.70. The molecule has 0 bridgehead atoms. The van der Waals surface area contributed by atoms with Gasteiger partial charge in [-0.05, 0) is 31.0 Å². The van der Waals surface area contributed by atoms with Gasteiger partial charge in [-0.3, -0.25) is 14.1 Å². The van der Waals surface area contributed by atoms with Crippen molar-refractivity contribution in [3.05, 3.63) is 58.1 Å². The third kappa shape index (κ3) is 3.32. The van der Waals surface area contributed by atoms with Crippen LogP contribution in [0.2, 0.25) is 0 Å². The summed E-state index contributed by atoms with van der Waals surface area (Å²) in [5.74, 6) is 1.52. The van der Waals surface area contributed by atoms with E-state index in [0.717, 1.165) is 49.1 Å². The normalized spacial score (nSPS) is 18.2. The van der Waals surface area contributed by atoms with Gasteiger partial charge in [0.2, 0.25) is 0 Å². The molecule has 3 aromatic rings. The lowest BCUT2D eigenvalue weighted by molar-refractivity contribution is 0.315. The second-order valence-corrected chi connectivity index (χ2v) is 7.00. The second-order valence-electron chi connectivity index (χ2n) is 6.13. The minimum atomic E-state index is 0.00353. The standard InChI is InChI=1S/C17H19N5OS/c23-16-9-14(20-17-22(16)7-8-24-17)12-21-6-4-13(11-21)10-19-15-3-1-2-5-18-15/h1-3,5,7-9,13H,4,6,10-12H2,(H,18,19). The number of anilines is 1. The largest absolute Gasteiger partial charge is 0.370 e. The first-order valence-corrected chi connectivity index (χ1v) is 8.99. The van der Waals surface area contributed by atoms with E-state index in [9.17, 15) is 4.79 Å². The average molecular weight is 341 g/mol. The number of thiazole rings is 1. The lowest BCUT2D eigenvalue weighted by Gasteiger charge is -2.16. The van der Waals surface area contributed by atoms with Crippen LogP contribution in [0.3, 0.4) is 0 Å². The van der Waals surface area contributed by atoms with E-state index < -0.39 is 0 Å². The molecular weight excluding hydrogens is 322 g/mol. The molecule has 1 fully saturated rings. The molecule has 0 amide bonds. The first kappa shape index (κ1) is 15.3. The Kier molecular flexibility index (Phi) is 4.27. The van der Waals surface area contributed by atoms with Gasteiger partial charge < -0.3 is 5.32 Å². The molecule has 4 rings (SSSR count). The van der Waals surface area contributed by atoms with Gasteiger partial charge in [-0.2, -0.15) is 0 Å². The smallest absolute Gasteiger partial charge is 0.258 e. The van der Waals surface area contributed by atoms with Gasteiger partial charge in [-0.1, -0.05) is 6.07 Å². The van der Waals surface area contributed by atoms with Crippen LogP contribution in [-0.2, 0) is 6.54 Å². The molecule has 0 aliphatic carbocycles. The number of fused-ring (bicyclic) bond motifs is 1. The molecule has 0 spiro atoms. The van der Waals surface area contributed by atoms with Crippen LogP contribution in [0.5, 0.6) is 0 Å². The molecule has 1 N–H and O–H groups in total. The number of nitrogens with zero attached hydrogens (tertiary/aromatic N) is 4.